The molecule has 0 atom stereocenters. The highest BCUT2D eigenvalue weighted by molar-refractivity contribution is 9.10. The van der Waals surface area contributed by atoms with Crippen LogP contribution in [-0.2, 0) is 0 Å². The third-order valence-corrected chi connectivity index (χ3v) is 3.71. The van der Waals surface area contributed by atoms with Crippen LogP contribution in [0, 0.1) is 0 Å². The Kier molecular flexibility index (Phi) is 5.22. The first-order chi connectivity index (χ1) is 10.5. The second kappa shape index (κ2) is 7.13. The van der Waals surface area contributed by atoms with Crippen LogP contribution in [0.15, 0.2) is 46.9 Å². The van der Waals surface area contributed by atoms with Gasteiger partial charge in [0.15, 0.2) is 5.78 Å². The number of phenols is 1. The third-order valence-electron chi connectivity index (χ3n) is 3.07. The van der Waals surface area contributed by atoms with Gasteiger partial charge in [-0.2, -0.15) is 0 Å². The molecule has 2 rings (SSSR count). The molecule has 0 spiro atoms. The monoisotopic (exact) mass is 362 g/mol. The second-order valence-corrected chi connectivity index (χ2v) is 5.33. The van der Waals surface area contributed by atoms with Crippen molar-refractivity contribution in [3.63, 3.8) is 0 Å². The molecular formula is C17H15BrO4. The lowest BCUT2D eigenvalue weighted by molar-refractivity contribution is 0.104. The number of aromatic hydroxyl groups is 1. The molecule has 0 saturated heterocycles. The number of hydrogen-bond donors (Lipinski definition) is 1. The quantitative estimate of drug-likeness (QED) is 0.643. The van der Waals surface area contributed by atoms with Gasteiger partial charge in [0.1, 0.15) is 17.2 Å². The Balaban J connectivity index is 2.24. The zero-order valence-corrected chi connectivity index (χ0v) is 13.8. The van der Waals surface area contributed by atoms with Crippen LogP contribution in [0.5, 0.6) is 17.2 Å². The van der Waals surface area contributed by atoms with Crippen molar-refractivity contribution in [1.82, 2.24) is 0 Å². The molecule has 0 aliphatic heterocycles. The predicted octanol–water partition coefficient (Wildman–Crippen LogP) is 4.07. The molecule has 22 heavy (non-hydrogen) atoms. The van der Waals surface area contributed by atoms with Crippen molar-refractivity contribution in [2.24, 2.45) is 0 Å². The van der Waals surface area contributed by atoms with E-state index >= 15 is 0 Å². The molecule has 0 fully saturated rings. The summed E-state index contributed by atoms with van der Waals surface area (Å²) in [5.41, 5.74) is 1.25. The zero-order valence-electron chi connectivity index (χ0n) is 12.2. The summed E-state index contributed by atoms with van der Waals surface area (Å²) in [5.74, 6) is 1.06. The highest BCUT2D eigenvalue weighted by Crippen LogP contribution is 2.27. The molecule has 0 aliphatic carbocycles. The Morgan fingerprint density at radius 2 is 1.91 bits per heavy atom. The number of carbonyl (C=O) groups excluding carboxylic acids is 1. The highest BCUT2D eigenvalue weighted by Gasteiger charge is 2.10. The van der Waals surface area contributed by atoms with E-state index in [2.05, 4.69) is 15.9 Å². The van der Waals surface area contributed by atoms with E-state index in [0.717, 1.165) is 5.56 Å². The van der Waals surface area contributed by atoms with E-state index in [1.165, 1.54) is 13.2 Å². The van der Waals surface area contributed by atoms with E-state index in [4.69, 9.17) is 9.47 Å². The molecule has 0 unspecified atom stereocenters. The fourth-order valence-electron chi connectivity index (χ4n) is 1.89. The molecule has 1 N–H and O–H groups in total. The predicted molar refractivity (Wildman–Crippen MR) is 88.7 cm³/mol. The lowest BCUT2D eigenvalue weighted by Gasteiger charge is -2.08. The molecule has 0 bridgehead atoms. The number of ketones is 1. The van der Waals surface area contributed by atoms with Crippen LogP contribution in [0.3, 0.4) is 0 Å². The average molecular weight is 363 g/mol. The van der Waals surface area contributed by atoms with Gasteiger partial charge in [-0.25, -0.2) is 0 Å². The maximum atomic E-state index is 12.3. The van der Waals surface area contributed by atoms with E-state index in [9.17, 15) is 9.90 Å². The van der Waals surface area contributed by atoms with Gasteiger partial charge in [-0.1, -0.05) is 12.1 Å². The largest absolute Gasteiger partial charge is 0.507 e. The summed E-state index contributed by atoms with van der Waals surface area (Å²) in [6.45, 7) is 0. The zero-order chi connectivity index (χ0) is 16.1. The lowest BCUT2D eigenvalue weighted by atomic mass is 10.1. The molecule has 5 heteroatoms. The summed E-state index contributed by atoms with van der Waals surface area (Å²) >= 11 is 3.23. The number of allylic oxidation sites excluding steroid dienone is 1. The summed E-state index contributed by atoms with van der Waals surface area (Å²) in [5, 5.41) is 9.45. The Hall–Kier alpha value is -2.27. The molecule has 2 aromatic rings. The Morgan fingerprint density at radius 3 is 2.55 bits per heavy atom. The van der Waals surface area contributed by atoms with Crippen LogP contribution in [-0.4, -0.2) is 25.1 Å². The Labute approximate surface area is 137 Å². The lowest BCUT2D eigenvalue weighted by Crippen LogP contribution is -1.99. The third kappa shape index (κ3) is 3.68. The molecule has 0 amide bonds. The number of benzene rings is 2. The summed E-state index contributed by atoms with van der Waals surface area (Å²) in [6.07, 6.45) is 3.14. The van der Waals surface area contributed by atoms with E-state index in [1.54, 1.807) is 49.6 Å². The Morgan fingerprint density at radius 1 is 1.14 bits per heavy atom. The number of hydrogen-bond acceptors (Lipinski definition) is 4. The first-order valence-corrected chi connectivity index (χ1v) is 7.27. The first kappa shape index (κ1) is 16.1. The van der Waals surface area contributed by atoms with Crippen LogP contribution in [0.25, 0.3) is 6.08 Å². The molecular weight excluding hydrogens is 348 g/mol. The molecule has 0 saturated carbocycles. The molecule has 2 aromatic carbocycles. The minimum Gasteiger partial charge on any atom is -0.507 e. The van der Waals surface area contributed by atoms with Gasteiger partial charge in [0, 0.05) is 6.07 Å². The van der Waals surface area contributed by atoms with Crippen LogP contribution < -0.4 is 9.47 Å². The average Bonchev–Trinajstić information content (AvgIpc) is 2.54. The van der Waals surface area contributed by atoms with E-state index in [1.807, 2.05) is 0 Å². The van der Waals surface area contributed by atoms with Gasteiger partial charge >= 0.3 is 0 Å². The number of carbonyl (C=O) groups is 1. The van der Waals surface area contributed by atoms with E-state index in [-0.39, 0.29) is 11.5 Å². The van der Waals surface area contributed by atoms with E-state index < -0.39 is 0 Å². The van der Waals surface area contributed by atoms with Gasteiger partial charge in [-0.3, -0.25) is 4.79 Å². The Bertz CT molecular complexity index is 723. The van der Waals surface area contributed by atoms with Crippen LogP contribution in [0.1, 0.15) is 15.9 Å². The van der Waals surface area contributed by atoms with Gasteiger partial charge in [-0.05, 0) is 51.8 Å². The van der Waals surface area contributed by atoms with E-state index in [0.29, 0.717) is 21.5 Å². The summed E-state index contributed by atoms with van der Waals surface area (Å²) in [6, 6.07) is 10.0. The van der Waals surface area contributed by atoms with Crippen molar-refractivity contribution in [3.8, 4) is 17.2 Å². The molecule has 0 radical (unpaired) electrons. The first-order valence-electron chi connectivity index (χ1n) is 6.48. The minimum absolute atomic E-state index is 0.153. The van der Waals surface area contributed by atoms with Gasteiger partial charge < -0.3 is 14.6 Å². The number of methoxy groups -OCH3 is 2. The molecule has 4 nitrogen and oxygen atoms in total. The van der Waals surface area contributed by atoms with Gasteiger partial charge in [0.25, 0.3) is 0 Å². The van der Waals surface area contributed by atoms with Crippen LogP contribution >= 0.6 is 15.9 Å². The van der Waals surface area contributed by atoms with Crippen LogP contribution in [0.2, 0.25) is 0 Å². The van der Waals surface area contributed by atoms with Crippen molar-refractivity contribution >= 4 is 27.8 Å². The van der Waals surface area contributed by atoms with Crippen molar-refractivity contribution in [2.75, 3.05) is 14.2 Å². The van der Waals surface area contributed by atoms with Gasteiger partial charge in [0.2, 0.25) is 0 Å². The fourth-order valence-corrected chi connectivity index (χ4v) is 2.29. The number of ether oxygens (including phenoxy) is 2. The van der Waals surface area contributed by atoms with Crippen molar-refractivity contribution < 1.29 is 19.4 Å². The number of halogens is 1. The van der Waals surface area contributed by atoms with Crippen molar-refractivity contribution in [3.05, 3.63) is 58.1 Å². The van der Waals surface area contributed by atoms with Crippen molar-refractivity contribution in [2.45, 2.75) is 0 Å². The van der Waals surface area contributed by atoms with Crippen LogP contribution in [0.4, 0.5) is 0 Å². The highest BCUT2D eigenvalue weighted by atomic mass is 79.9. The smallest absolute Gasteiger partial charge is 0.189 e. The number of rotatable bonds is 5. The van der Waals surface area contributed by atoms with Gasteiger partial charge in [-0.15, -0.1) is 0 Å². The number of phenolic OH excluding ortho intramolecular Hbond substituents is 1. The molecule has 114 valence electrons. The second-order valence-electron chi connectivity index (χ2n) is 4.47. The summed E-state index contributed by atoms with van der Waals surface area (Å²) < 4.78 is 10.9. The fraction of sp³-hybridized carbons (Fsp3) is 0.118. The summed E-state index contributed by atoms with van der Waals surface area (Å²) in [4.78, 5) is 12.3. The SMILES string of the molecule is COc1ccc(C(=O)/C=C/c2ccc(O)c(Br)c2)c(OC)c1. The normalized spacial score (nSPS) is 10.7. The topological polar surface area (TPSA) is 55.8 Å². The molecule has 0 aliphatic rings. The maximum absolute atomic E-state index is 12.3. The van der Waals surface area contributed by atoms with Crippen molar-refractivity contribution in [1.29, 1.82) is 0 Å². The van der Waals surface area contributed by atoms with Gasteiger partial charge in [0.05, 0.1) is 24.3 Å². The molecule has 0 aromatic heterocycles. The standard InChI is InChI=1S/C17H15BrO4/c1-21-12-5-6-13(17(10-12)22-2)15(19)7-3-11-4-8-16(20)14(18)9-11/h3-10,20H,1-2H3/b7-3+. The maximum Gasteiger partial charge on any atom is 0.189 e. The minimum atomic E-state index is -0.177. The summed E-state index contributed by atoms with van der Waals surface area (Å²) in [7, 11) is 3.06. The molecule has 0 heterocycles.